The summed E-state index contributed by atoms with van der Waals surface area (Å²) in [7, 11) is -4.01. The first-order chi connectivity index (χ1) is 18.4. The van der Waals surface area contributed by atoms with Gasteiger partial charge in [0.2, 0.25) is 21.8 Å². The molecule has 1 atom stereocenters. The SMILES string of the molecule is CC(C)NC(=O)[C@@H](Cc1ccccc1)N(Cc1c(Cl)cccc1Cl)C(=O)CN(c1cccc(F)c1)S(C)(=O)=O. The molecule has 11 heteroatoms. The number of carbonyl (C=O) groups excluding carboxylic acids is 2. The summed E-state index contributed by atoms with van der Waals surface area (Å²) in [5, 5.41) is 3.43. The molecule has 0 saturated carbocycles. The van der Waals surface area contributed by atoms with Gasteiger partial charge in [-0.3, -0.25) is 13.9 Å². The van der Waals surface area contributed by atoms with Gasteiger partial charge < -0.3 is 10.2 Å². The maximum absolute atomic E-state index is 14.0. The van der Waals surface area contributed by atoms with Gasteiger partial charge in [0.15, 0.2) is 0 Å². The van der Waals surface area contributed by atoms with Gasteiger partial charge in [-0.2, -0.15) is 0 Å². The number of benzene rings is 3. The van der Waals surface area contributed by atoms with Gasteiger partial charge in [-0.1, -0.05) is 65.7 Å². The normalized spacial score (nSPS) is 12.2. The summed E-state index contributed by atoms with van der Waals surface area (Å²) in [5.74, 6) is -1.78. The molecule has 39 heavy (non-hydrogen) atoms. The number of rotatable bonds is 11. The Morgan fingerprint density at radius 1 is 0.949 bits per heavy atom. The van der Waals surface area contributed by atoms with Crippen LogP contribution in [0.3, 0.4) is 0 Å². The number of nitrogens with zero attached hydrogens (tertiary/aromatic N) is 2. The highest BCUT2D eigenvalue weighted by molar-refractivity contribution is 7.92. The molecular weight excluding hydrogens is 564 g/mol. The monoisotopic (exact) mass is 593 g/mol. The van der Waals surface area contributed by atoms with Crippen LogP contribution in [0.2, 0.25) is 10.0 Å². The highest BCUT2D eigenvalue weighted by Crippen LogP contribution is 2.28. The second kappa shape index (κ2) is 13.3. The molecule has 0 unspecified atom stereocenters. The molecule has 0 spiro atoms. The van der Waals surface area contributed by atoms with Crippen molar-refractivity contribution < 1.29 is 22.4 Å². The van der Waals surface area contributed by atoms with Crippen molar-refractivity contribution in [3.8, 4) is 0 Å². The molecule has 0 aliphatic rings. The molecular formula is C28H30Cl2FN3O4S. The Bertz CT molecular complexity index is 1400. The van der Waals surface area contributed by atoms with Crippen LogP contribution in [-0.2, 0) is 32.6 Å². The lowest BCUT2D eigenvalue weighted by atomic mass is 10.0. The third-order valence-corrected chi connectivity index (χ3v) is 7.72. The lowest BCUT2D eigenvalue weighted by Gasteiger charge is -2.34. The fourth-order valence-corrected chi connectivity index (χ4v) is 5.39. The van der Waals surface area contributed by atoms with Gasteiger partial charge in [0.25, 0.3) is 0 Å². The number of hydrogen-bond acceptors (Lipinski definition) is 4. The van der Waals surface area contributed by atoms with Crippen molar-refractivity contribution in [2.75, 3.05) is 17.1 Å². The Morgan fingerprint density at radius 3 is 2.13 bits per heavy atom. The fourth-order valence-electron chi connectivity index (χ4n) is 4.03. The molecule has 0 bridgehead atoms. The van der Waals surface area contributed by atoms with E-state index in [4.69, 9.17) is 23.2 Å². The van der Waals surface area contributed by atoms with Crippen LogP contribution >= 0.6 is 23.2 Å². The van der Waals surface area contributed by atoms with Crippen molar-refractivity contribution in [3.05, 3.63) is 99.8 Å². The Labute approximate surface area is 238 Å². The molecule has 0 radical (unpaired) electrons. The largest absolute Gasteiger partial charge is 0.352 e. The van der Waals surface area contributed by atoms with Crippen molar-refractivity contribution in [1.82, 2.24) is 10.2 Å². The van der Waals surface area contributed by atoms with Crippen LogP contribution in [0.25, 0.3) is 0 Å². The van der Waals surface area contributed by atoms with E-state index in [1.165, 1.54) is 23.1 Å². The molecule has 208 valence electrons. The number of anilines is 1. The summed E-state index contributed by atoms with van der Waals surface area (Å²) in [6.45, 7) is 2.75. The van der Waals surface area contributed by atoms with E-state index in [1.54, 1.807) is 32.0 Å². The van der Waals surface area contributed by atoms with Crippen molar-refractivity contribution in [2.24, 2.45) is 0 Å². The molecule has 1 N–H and O–H groups in total. The van der Waals surface area contributed by atoms with Gasteiger partial charge in [-0.25, -0.2) is 12.8 Å². The molecule has 0 aliphatic carbocycles. The molecule has 0 aliphatic heterocycles. The van der Waals surface area contributed by atoms with Crippen LogP contribution in [0.15, 0.2) is 72.8 Å². The van der Waals surface area contributed by atoms with Crippen LogP contribution < -0.4 is 9.62 Å². The molecule has 0 saturated heterocycles. The van der Waals surface area contributed by atoms with Gasteiger partial charge in [-0.05, 0) is 49.7 Å². The highest BCUT2D eigenvalue weighted by Gasteiger charge is 2.34. The Hall–Kier alpha value is -3.14. The van der Waals surface area contributed by atoms with Crippen LogP contribution in [0.4, 0.5) is 10.1 Å². The summed E-state index contributed by atoms with van der Waals surface area (Å²) in [6.07, 6.45) is 1.07. The minimum atomic E-state index is -4.01. The third-order valence-electron chi connectivity index (χ3n) is 5.87. The van der Waals surface area contributed by atoms with E-state index < -0.39 is 40.2 Å². The van der Waals surface area contributed by atoms with E-state index in [-0.39, 0.29) is 34.7 Å². The molecule has 0 fully saturated rings. The second-order valence-corrected chi connectivity index (χ2v) is 12.1. The van der Waals surface area contributed by atoms with Crippen molar-refractivity contribution >= 4 is 50.7 Å². The molecule has 7 nitrogen and oxygen atoms in total. The molecule has 0 heterocycles. The molecule has 3 aromatic carbocycles. The number of halogens is 3. The van der Waals surface area contributed by atoms with Gasteiger partial charge in [0, 0.05) is 34.6 Å². The summed E-state index contributed by atoms with van der Waals surface area (Å²) in [6, 6.07) is 17.7. The number of amides is 2. The van der Waals surface area contributed by atoms with Gasteiger partial charge in [-0.15, -0.1) is 0 Å². The average molecular weight is 595 g/mol. The number of carbonyl (C=O) groups is 2. The minimum Gasteiger partial charge on any atom is -0.352 e. The average Bonchev–Trinajstić information content (AvgIpc) is 2.85. The van der Waals surface area contributed by atoms with E-state index >= 15 is 0 Å². The van der Waals surface area contributed by atoms with Crippen LogP contribution in [-0.4, -0.2) is 50.0 Å². The van der Waals surface area contributed by atoms with Crippen LogP contribution in [0, 0.1) is 5.82 Å². The molecule has 3 aromatic rings. The Balaban J connectivity index is 2.10. The summed E-state index contributed by atoms with van der Waals surface area (Å²) in [4.78, 5) is 28.7. The van der Waals surface area contributed by atoms with Gasteiger partial charge >= 0.3 is 0 Å². The van der Waals surface area contributed by atoms with E-state index in [0.29, 0.717) is 5.56 Å². The Morgan fingerprint density at radius 2 is 1.56 bits per heavy atom. The van der Waals surface area contributed by atoms with E-state index in [1.807, 2.05) is 30.3 Å². The summed E-state index contributed by atoms with van der Waals surface area (Å²) >= 11 is 12.9. The fraction of sp³-hybridized carbons (Fsp3) is 0.286. The van der Waals surface area contributed by atoms with Crippen LogP contribution in [0.1, 0.15) is 25.0 Å². The standard InChI is InChI=1S/C28H30Cl2FN3O4S/c1-19(2)32-28(36)26(15-20-9-5-4-6-10-20)33(17-23-24(29)13-8-14-25(23)30)27(35)18-34(39(3,37)38)22-12-7-11-21(31)16-22/h4-14,16,19,26H,15,17-18H2,1-3H3,(H,32,36)/t26-/m1/s1. The first-order valence-corrected chi connectivity index (χ1v) is 14.8. The zero-order chi connectivity index (χ0) is 28.7. The minimum absolute atomic E-state index is 0.0205. The maximum atomic E-state index is 14.0. The number of nitrogens with one attached hydrogen (secondary N) is 1. The topological polar surface area (TPSA) is 86.8 Å². The summed E-state index contributed by atoms with van der Waals surface area (Å²) < 4.78 is 40.2. The molecule has 2 amide bonds. The third kappa shape index (κ3) is 8.42. The lowest BCUT2D eigenvalue weighted by Crippen LogP contribution is -2.54. The maximum Gasteiger partial charge on any atom is 0.244 e. The molecule has 3 rings (SSSR count). The number of sulfonamides is 1. The highest BCUT2D eigenvalue weighted by atomic mass is 35.5. The zero-order valence-corrected chi connectivity index (χ0v) is 24.1. The Kier molecular flexibility index (Phi) is 10.4. The number of hydrogen-bond donors (Lipinski definition) is 1. The van der Waals surface area contributed by atoms with Crippen LogP contribution in [0.5, 0.6) is 0 Å². The zero-order valence-electron chi connectivity index (χ0n) is 21.8. The first kappa shape index (κ1) is 30.4. The predicted octanol–water partition coefficient (Wildman–Crippen LogP) is 5.06. The van der Waals surface area contributed by atoms with Crippen molar-refractivity contribution in [2.45, 2.75) is 38.9 Å². The predicted molar refractivity (Wildman–Crippen MR) is 153 cm³/mol. The van der Waals surface area contributed by atoms with E-state index in [2.05, 4.69) is 5.32 Å². The van der Waals surface area contributed by atoms with E-state index in [9.17, 15) is 22.4 Å². The molecule has 0 aromatic heterocycles. The second-order valence-electron chi connectivity index (χ2n) is 9.34. The van der Waals surface area contributed by atoms with Gasteiger partial charge in [0.1, 0.15) is 18.4 Å². The first-order valence-electron chi connectivity index (χ1n) is 12.2. The quantitative estimate of drug-likeness (QED) is 0.336. The van der Waals surface area contributed by atoms with E-state index in [0.717, 1.165) is 22.2 Å². The lowest BCUT2D eigenvalue weighted by molar-refractivity contribution is -0.140. The van der Waals surface area contributed by atoms with Crippen molar-refractivity contribution in [1.29, 1.82) is 0 Å². The summed E-state index contributed by atoms with van der Waals surface area (Å²) in [5.41, 5.74) is 1.17. The van der Waals surface area contributed by atoms with Gasteiger partial charge in [0.05, 0.1) is 11.9 Å². The smallest absolute Gasteiger partial charge is 0.244 e. The van der Waals surface area contributed by atoms with Crippen molar-refractivity contribution in [3.63, 3.8) is 0 Å².